The van der Waals surface area contributed by atoms with Crippen molar-refractivity contribution in [2.24, 2.45) is 5.73 Å². The van der Waals surface area contributed by atoms with E-state index in [-0.39, 0.29) is 0 Å². The Morgan fingerprint density at radius 3 is 3.00 bits per heavy atom. The van der Waals surface area contributed by atoms with Gasteiger partial charge in [0, 0.05) is 19.7 Å². The van der Waals surface area contributed by atoms with Crippen molar-refractivity contribution in [3.63, 3.8) is 0 Å². The maximum atomic E-state index is 5.31. The summed E-state index contributed by atoms with van der Waals surface area (Å²) in [6.45, 7) is 5.16. The maximum absolute atomic E-state index is 5.31. The first-order chi connectivity index (χ1) is 8.36. The highest BCUT2D eigenvalue weighted by molar-refractivity contribution is 5.32. The fraction of sp³-hybridized carbons (Fsp3) is 0.636. The average molecular weight is 240 g/mol. The second-order valence-electron chi connectivity index (χ2n) is 3.36. The Kier molecular flexibility index (Phi) is 7.01. The lowest BCUT2D eigenvalue weighted by molar-refractivity contribution is 0.141. The summed E-state index contributed by atoms with van der Waals surface area (Å²) < 4.78 is 10.5. The maximum Gasteiger partial charge on any atom is 0.234 e. The minimum absolute atomic E-state index is 0.539. The minimum atomic E-state index is 0.539. The summed E-state index contributed by atoms with van der Waals surface area (Å²) >= 11 is 0. The van der Waals surface area contributed by atoms with Gasteiger partial charge >= 0.3 is 0 Å². The van der Waals surface area contributed by atoms with Gasteiger partial charge in [0.2, 0.25) is 5.88 Å². The van der Waals surface area contributed by atoms with Crippen molar-refractivity contribution >= 4 is 5.82 Å². The lowest BCUT2D eigenvalue weighted by Crippen LogP contribution is -2.12. The lowest BCUT2D eigenvalue weighted by Gasteiger charge is -2.07. The van der Waals surface area contributed by atoms with Crippen LogP contribution in [0.1, 0.15) is 13.3 Å². The fourth-order valence-electron chi connectivity index (χ4n) is 1.23. The summed E-state index contributed by atoms with van der Waals surface area (Å²) in [5.41, 5.74) is 5.31. The van der Waals surface area contributed by atoms with Crippen LogP contribution in [-0.2, 0) is 4.74 Å². The molecule has 17 heavy (non-hydrogen) atoms. The topological polar surface area (TPSA) is 82.3 Å². The third-order valence-electron chi connectivity index (χ3n) is 1.94. The Morgan fingerprint density at radius 1 is 1.35 bits per heavy atom. The summed E-state index contributed by atoms with van der Waals surface area (Å²) in [5, 5.41) is 3.16. The van der Waals surface area contributed by atoms with Crippen LogP contribution in [0.15, 0.2) is 12.4 Å². The number of nitrogens with zero attached hydrogens (tertiary/aromatic N) is 2. The molecule has 1 heterocycles. The van der Waals surface area contributed by atoms with Crippen molar-refractivity contribution in [1.29, 1.82) is 0 Å². The molecule has 0 unspecified atom stereocenters. The van der Waals surface area contributed by atoms with Crippen molar-refractivity contribution in [2.75, 3.05) is 38.2 Å². The Bertz CT molecular complexity index is 309. The summed E-state index contributed by atoms with van der Waals surface area (Å²) in [6.07, 6.45) is 4.17. The van der Waals surface area contributed by atoms with Crippen LogP contribution in [0.2, 0.25) is 0 Å². The Labute approximate surface area is 102 Å². The molecule has 0 amide bonds. The molecule has 0 saturated carbocycles. The second kappa shape index (κ2) is 8.72. The summed E-state index contributed by atoms with van der Waals surface area (Å²) in [4.78, 5) is 8.27. The standard InChI is InChI=1S/C11H20N4O2/c1-2-17-11-9-13-8-10(15-11)14-5-3-6-16-7-4-12/h8-9H,2-7,12H2,1H3,(H,14,15). The Balaban J connectivity index is 2.19. The van der Waals surface area contributed by atoms with E-state index in [2.05, 4.69) is 15.3 Å². The molecule has 3 N–H and O–H groups in total. The zero-order valence-electron chi connectivity index (χ0n) is 10.2. The molecule has 0 aromatic carbocycles. The molecule has 0 aliphatic rings. The van der Waals surface area contributed by atoms with E-state index in [0.717, 1.165) is 18.8 Å². The summed E-state index contributed by atoms with van der Waals surface area (Å²) in [5.74, 6) is 1.26. The number of aromatic nitrogens is 2. The van der Waals surface area contributed by atoms with E-state index in [1.165, 1.54) is 0 Å². The zero-order chi connectivity index (χ0) is 12.3. The van der Waals surface area contributed by atoms with Gasteiger partial charge in [0.15, 0.2) is 0 Å². The minimum Gasteiger partial charge on any atom is -0.477 e. The number of ether oxygens (including phenoxy) is 2. The number of rotatable bonds is 9. The van der Waals surface area contributed by atoms with E-state index in [0.29, 0.717) is 32.2 Å². The molecule has 6 heteroatoms. The van der Waals surface area contributed by atoms with Crippen LogP contribution in [0.5, 0.6) is 5.88 Å². The normalized spacial score (nSPS) is 10.2. The van der Waals surface area contributed by atoms with Crippen LogP contribution in [-0.4, -0.2) is 42.9 Å². The molecular formula is C11H20N4O2. The molecule has 1 aromatic rings. The molecule has 0 bridgehead atoms. The van der Waals surface area contributed by atoms with Gasteiger partial charge in [-0.15, -0.1) is 0 Å². The van der Waals surface area contributed by atoms with Crippen molar-refractivity contribution in [2.45, 2.75) is 13.3 Å². The van der Waals surface area contributed by atoms with Crippen molar-refractivity contribution in [3.8, 4) is 5.88 Å². The molecule has 6 nitrogen and oxygen atoms in total. The van der Waals surface area contributed by atoms with E-state index < -0.39 is 0 Å². The Morgan fingerprint density at radius 2 is 2.24 bits per heavy atom. The molecule has 0 fully saturated rings. The molecule has 0 atom stereocenters. The smallest absolute Gasteiger partial charge is 0.234 e. The van der Waals surface area contributed by atoms with Crippen molar-refractivity contribution in [3.05, 3.63) is 12.4 Å². The highest BCUT2D eigenvalue weighted by Gasteiger charge is 1.98. The van der Waals surface area contributed by atoms with Gasteiger partial charge in [0.25, 0.3) is 0 Å². The van der Waals surface area contributed by atoms with E-state index >= 15 is 0 Å². The van der Waals surface area contributed by atoms with Gasteiger partial charge in [-0.3, -0.25) is 4.98 Å². The summed E-state index contributed by atoms with van der Waals surface area (Å²) in [6, 6.07) is 0. The monoisotopic (exact) mass is 240 g/mol. The molecule has 96 valence electrons. The third-order valence-corrected chi connectivity index (χ3v) is 1.94. The number of anilines is 1. The molecule has 0 spiro atoms. The van der Waals surface area contributed by atoms with Crippen LogP contribution < -0.4 is 15.8 Å². The van der Waals surface area contributed by atoms with Gasteiger partial charge in [-0.25, -0.2) is 0 Å². The fourth-order valence-corrected chi connectivity index (χ4v) is 1.23. The van der Waals surface area contributed by atoms with Gasteiger partial charge in [-0.05, 0) is 13.3 Å². The lowest BCUT2D eigenvalue weighted by atomic mass is 10.4. The van der Waals surface area contributed by atoms with Crippen LogP contribution in [0.4, 0.5) is 5.82 Å². The van der Waals surface area contributed by atoms with Gasteiger partial charge in [-0.1, -0.05) is 0 Å². The number of nitrogens with two attached hydrogens (primary N) is 1. The van der Waals surface area contributed by atoms with Crippen LogP contribution in [0, 0.1) is 0 Å². The van der Waals surface area contributed by atoms with E-state index in [4.69, 9.17) is 15.2 Å². The second-order valence-corrected chi connectivity index (χ2v) is 3.36. The first-order valence-corrected chi connectivity index (χ1v) is 5.83. The van der Waals surface area contributed by atoms with E-state index in [9.17, 15) is 0 Å². The predicted molar refractivity (Wildman–Crippen MR) is 66.2 cm³/mol. The molecular weight excluding hydrogens is 220 g/mol. The first-order valence-electron chi connectivity index (χ1n) is 5.83. The Hall–Kier alpha value is -1.40. The predicted octanol–water partition coefficient (Wildman–Crippen LogP) is 0.653. The van der Waals surface area contributed by atoms with Gasteiger partial charge in [0.1, 0.15) is 5.82 Å². The van der Waals surface area contributed by atoms with Crippen LogP contribution >= 0.6 is 0 Å². The molecule has 1 rings (SSSR count). The number of hydrogen-bond acceptors (Lipinski definition) is 6. The molecule has 0 aliphatic carbocycles. The third kappa shape index (κ3) is 6.03. The molecule has 0 aliphatic heterocycles. The highest BCUT2D eigenvalue weighted by Crippen LogP contribution is 2.08. The van der Waals surface area contributed by atoms with Gasteiger partial charge in [0.05, 0.1) is 25.6 Å². The zero-order valence-corrected chi connectivity index (χ0v) is 10.2. The quantitative estimate of drug-likeness (QED) is 0.617. The van der Waals surface area contributed by atoms with Crippen molar-refractivity contribution in [1.82, 2.24) is 9.97 Å². The summed E-state index contributed by atoms with van der Waals surface area (Å²) in [7, 11) is 0. The van der Waals surface area contributed by atoms with E-state index in [1.54, 1.807) is 12.4 Å². The first kappa shape index (κ1) is 13.7. The van der Waals surface area contributed by atoms with Crippen molar-refractivity contribution < 1.29 is 9.47 Å². The average Bonchev–Trinajstić information content (AvgIpc) is 2.35. The molecule has 0 radical (unpaired) electrons. The van der Waals surface area contributed by atoms with Crippen LogP contribution in [0.25, 0.3) is 0 Å². The van der Waals surface area contributed by atoms with Gasteiger partial charge in [-0.2, -0.15) is 4.98 Å². The number of nitrogens with one attached hydrogen (secondary N) is 1. The van der Waals surface area contributed by atoms with Crippen LogP contribution in [0.3, 0.4) is 0 Å². The largest absolute Gasteiger partial charge is 0.477 e. The number of hydrogen-bond donors (Lipinski definition) is 2. The molecule has 0 saturated heterocycles. The SMILES string of the molecule is CCOc1cncc(NCCCOCCN)n1. The highest BCUT2D eigenvalue weighted by atomic mass is 16.5. The van der Waals surface area contributed by atoms with E-state index in [1.807, 2.05) is 6.92 Å². The molecule has 1 aromatic heterocycles. The van der Waals surface area contributed by atoms with Gasteiger partial charge < -0.3 is 20.5 Å².